The smallest absolute Gasteiger partial charge is 0.124 e. The summed E-state index contributed by atoms with van der Waals surface area (Å²) in [6, 6.07) is 31.9. The standard InChI is InChI=1S/C20H14O2.C13H20.C2H6/c21-17-11-9-13-5-1-3-7-15(13)19(17)20-16-8-4-2-6-14(16)10-12-18(20)22;1-4-5-6-12-7-9-13(10-8-12)11(2)3;1-2/h1-12,21-22H;7-11H,4-6H2,1-3H3;1-2H3. The molecule has 0 radical (unpaired) electrons. The lowest BCUT2D eigenvalue weighted by atomic mass is 9.92. The zero-order valence-electron chi connectivity index (χ0n) is 22.8. The van der Waals surface area contributed by atoms with Crippen molar-refractivity contribution in [3.63, 3.8) is 0 Å². The van der Waals surface area contributed by atoms with Gasteiger partial charge >= 0.3 is 0 Å². The molecule has 5 aromatic carbocycles. The molecule has 0 aliphatic carbocycles. The van der Waals surface area contributed by atoms with Crippen molar-refractivity contribution in [2.75, 3.05) is 0 Å². The topological polar surface area (TPSA) is 40.5 Å². The van der Waals surface area contributed by atoms with Crippen molar-refractivity contribution >= 4 is 21.5 Å². The van der Waals surface area contributed by atoms with E-state index < -0.39 is 0 Å². The molecule has 0 aliphatic rings. The zero-order valence-corrected chi connectivity index (χ0v) is 22.8. The molecule has 0 amide bonds. The van der Waals surface area contributed by atoms with E-state index in [1.54, 1.807) is 12.1 Å². The molecule has 0 heterocycles. The van der Waals surface area contributed by atoms with Crippen LogP contribution in [0.1, 0.15) is 64.5 Å². The molecular formula is C35H40O2. The molecular weight excluding hydrogens is 452 g/mol. The van der Waals surface area contributed by atoms with E-state index in [9.17, 15) is 10.2 Å². The third kappa shape index (κ3) is 6.71. The lowest BCUT2D eigenvalue weighted by Gasteiger charge is -2.14. The van der Waals surface area contributed by atoms with Gasteiger partial charge in [-0.2, -0.15) is 0 Å². The number of phenolic OH excluding ortho intramolecular Hbond substituents is 2. The van der Waals surface area contributed by atoms with E-state index in [2.05, 4.69) is 45.0 Å². The second-order valence-electron chi connectivity index (χ2n) is 9.36. The molecule has 0 fully saturated rings. The Morgan fingerprint density at radius 1 is 0.595 bits per heavy atom. The minimum atomic E-state index is 0.172. The average Bonchev–Trinajstić information content (AvgIpc) is 2.94. The first-order valence-electron chi connectivity index (χ1n) is 13.5. The number of benzene rings is 5. The number of fused-ring (bicyclic) bond motifs is 2. The average molecular weight is 493 g/mol. The first-order valence-corrected chi connectivity index (χ1v) is 13.5. The molecule has 2 nitrogen and oxygen atoms in total. The van der Waals surface area contributed by atoms with Gasteiger partial charge in [-0.3, -0.25) is 0 Å². The molecule has 0 saturated heterocycles. The number of hydrogen-bond acceptors (Lipinski definition) is 2. The van der Waals surface area contributed by atoms with Crippen molar-refractivity contribution in [1.82, 2.24) is 0 Å². The summed E-state index contributed by atoms with van der Waals surface area (Å²) < 4.78 is 0. The van der Waals surface area contributed by atoms with Crippen LogP contribution in [0, 0.1) is 0 Å². The first kappa shape index (κ1) is 27.8. The molecule has 2 N–H and O–H groups in total. The quantitative estimate of drug-likeness (QED) is 0.256. The maximum atomic E-state index is 10.4. The second-order valence-corrected chi connectivity index (χ2v) is 9.36. The molecule has 0 saturated carbocycles. The summed E-state index contributed by atoms with van der Waals surface area (Å²) in [4.78, 5) is 0. The summed E-state index contributed by atoms with van der Waals surface area (Å²) >= 11 is 0. The number of hydrogen-bond donors (Lipinski definition) is 2. The normalized spacial score (nSPS) is 10.5. The fraction of sp³-hybridized carbons (Fsp3) is 0.257. The van der Waals surface area contributed by atoms with Gasteiger partial charge in [-0.25, -0.2) is 0 Å². The van der Waals surface area contributed by atoms with Crippen LogP contribution in [0.2, 0.25) is 0 Å². The Labute approximate surface area is 222 Å². The predicted molar refractivity (Wildman–Crippen MR) is 161 cm³/mol. The fourth-order valence-electron chi connectivity index (χ4n) is 4.50. The van der Waals surface area contributed by atoms with Crippen LogP contribution in [-0.2, 0) is 6.42 Å². The van der Waals surface area contributed by atoms with Crippen LogP contribution in [0.15, 0.2) is 97.1 Å². The van der Waals surface area contributed by atoms with Crippen LogP contribution >= 0.6 is 0 Å². The Bertz CT molecular complexity index is 1330. The lowest BCUT2D eigenvalue weighted by Crippen LogP contribution is -1.89. The molecule has 192 valence electrons. The summed E-state index contributed by atoms with van der Waals surface area (Å²) in [5.74, 6) is 0.996. The van der Waals surface area contributed by atoms with Crippen molar-refractivity contribution in [2.24, 2.45) is 0 Å². The Hall–Kier alpha value is -3.78. The van der Waals surface area contributed by atoms with Crippen molar-refractivity contribution in [3.8, 4) is 22.6 Å². The van der Waals surface area contributed by atoms with Crippen LogP contribution < -0.4 is 0 Å². The Morgan fingerprint density at radius 3 is 1.49 bits per heavy atom. The van der Waals surface area contributed by atoms with Gasteiger partial charge in [0.05, 0.1) is 0 Å². The van der Waals surface area contributed by atoms with Gasteiger partial charge in [0.1, 0.15) is 11.5 Å². The summed E-state index contributed by atoms with van der Waals surface area (Å²) in [6.45, 7) is 10.7. The number of rotatable bonds is 5. The molecule has 5 rings (SSSR count). The second kappa shape index (κ2) is 13.5. The van der Waals surface area contributed by atoms with E-state index >= 15 is 0 Å². The fourth-order valence-corrected chi connectivity index (χ4v) is 4.50. The van der Waals surface area contributed by atoms with Crippen LogP contribution in [0.3, 0.4) is 0 Å². The van der Waals surface area contributed by atoms with Crippen molar-refractivity contribution < 1.29 is 10.2 Å². The molecule has 0 atom stereocenters. The highest BCUT2D eigenvalue weighted by Gasteiger charge is 2.16. The van der Waals surface area contributed by atoms with Gasteiger partial charge in [0, 0.05) is 11.1 Å². The molecule has 0 aromatic heterocycles. The highest BCUT2D eigenvalue weighted by atomic mass is 16.3. The van der Waals surface area contributed by atoms with Gasteiger partial charge in [-0.05, 0) is 63.6 Å². The molecule has 0 unspecified atom stereocenters. The lowest BCUT2D eigenvalue weighted by molar-refractivity contribution is 0.470. The molecule has 0 spiro atoms. The third-order valence-electron chi connectivity index (χ3n) is 6.53. The zero-order chi connectivity index (χ0) is 26.8. The van der Waals surface area contributed by atoms with Crippen LogP contribution in [0.5, 0.6) is 11.5 Å². The number of phenols is 2. The Morgan fingerprint density at radius 2 is 1.05 bits per heavy atom. The Balaban J connectivity index is 0.000000218. The minimum absolute atomic E-state index is 0.172. The van der Waals surface area contributed by atoms with Gasteiger partial charge in [0.25, 0.3) is 0 Å². The highest BCUT2D eigenvalue weighted by Crippen LogP contribution is 2.44. The molecule has 2 heteroatoms. The van der Waals surface area contributed by atoms with E-state index in [1.807, 2.05) is 74.5 Å². The summed E-state index contributed by atoms with van der Waals surface area (Å²) in [6.07, 6.45) is 3.82. The first-order chi connectivity index (χ1) is 18.0. The Kier molecular flexibility index (Phi) is 10.1. The van der Waals surface area contributed by atoms with Gasteiger partial charge in [0.2, 0.25) is 0 Å². The van der Waals surface area contributed by atoms with Gasteiger partial charge in [-0.1, -0.05) is 126 Å². The van der Waals surface area contributed by atoms with Crippen molar-refractivity contribution in [2.45, 2.75) is 59.8 Å². The maximum absolute atomic E-state index is 10.4. The maximum Gasteiger partial charge on any atom is 0.124 e. The van der Waals surface area contributed by atoms with Crippen LogP contribution in [0.25, 0.3) is 32.7 Å². The predicted octanol–water partition coefficient (Wildman–Crippen LogP) is 10.2. The molecule has 0 bridgehead atoms. The highest BCUT2D eigenvalue weighted by molar-refractivity contribution is 6.09. The van der Waals surface area contributed by atoms with Gasteiger partial charge < -0.3 is 10.2 Å². The minimum Gasteiger partial charge on any atom is -0.507 e. The van der Waals surface area contributed by atoms with E-state index in [0.717, 1.165) is 21.5 Å². The molecule has 0 aliphatic heterocycles. The van der Waals surface area contributed by atoms with E-state index in [1.165, 1.54) is 30.4 Å². The van der Waals surface area contributed by atoms with E-state index in [-0.39, 0.29) is 11.5 Å². The third-order valence-corrected chi connectivity index (χ3v) is 6.53. The van der Waals surface area contributed by atoms with Gasteiger partial charge in [0.15, 0.2) is 0 Å². The SMILES string of the molecule is CC.CCCCc1ccc(C(C)C)cc1.Oc1ccc2ccccc2c1-c1c(O)ccc2ccccc12. The number of unbranched alkanes of at least 4 members (excludes halogenated alkanes) is 1. The summed E-state index contributed by atoms with van der Waals surface area (Å²) in [5, 5.41) is 24.8. The summed E-state index contributed by atoms with van der Waals surface area (Å²) in [7, 11) is 0. The largest absolute Gasteiger partial charge is 0.507 e. The monoisotopic (exact) mass is 492 g/mol. The van der Waals surface area contributed by atoms with Crippen molar-refractivity contribution in [3.05, 3.63) is 108 Å². The van der Waals surface area contributed by atoms with Crippen LogP contribution in [-0.4, -0.2) is 10.2 Å². The summed E-state index contributed by atoms with van der Waals surface area (Å²) in [5.41, 5.74) is 4.27. The molecule has 37 heavy (non-hydrogen) atoms. The number of aryl methyl sites for hydroxylation is 1. The number of aromatic hydroxyl groups is 2. The van der Waals surface area contributed by atoms with Gasteiger partial charge in [-0.15, -0.1) is 0 Å². The van der Waals surface area contributed by atoms with Crippen LogP contribution in [0.4, 0.5) is 0 Å². The van der Waals surface area contributed by atoms with E-state index in [4.69, 9.17) is 0 Å². The van der Waals surface area contributed by atoms with E-state index in [0.29, 0.717) is 17.0 Å². The molecule has 5 aromatic rings. The van der Waals surface area contributed by atoms with Crippen molar-refractivity contribution in [1.29, 1.82) is 0 Å².